The highest BCUT2D eigenvalue weighted by atomic mass is 35.5. The Morgan fingerprint density at radius 3 is 2.50 bits per heavy atom. The summed E-state index contributed by atoms with van der Waals surface area (Å²) in [7, 11) is 0. The van der Waals surface area contributed by atoms with Gasteiger partial charge in [0.25, 0.3) is 0 Å². The quantitative estimate of drug-likeness (QED) is 0.899. The summed E-state index contributed by atoms with van der Waals surface area (Å²) >= 11 is 5.95. The number of hydrogen-bond acceptors (Lipinski definition) is 1. The van der Waals surface area contributed by atoms with E-state index in [1.54, 1.807) is 0 Å². The maximum Gasteiger partial charge on any atom is 0.0406 e. The van der Waals surface area contributed by atoms with Gasteiger partial charge >= 0.3 is 0 Å². The van der Waals surface area contributed by atoms with Crippen LogP contribution in [0.2, 0.25) is 5.02 Å². The lowest BCUT2D eigenvalue weighted by atomic mass is 9.91. The molecule has 1 unspecified atom stereocenters. The number of fused-ring (bicyclic) bond motifs is 1. The van der Waals surface area contributed by atoms with Gasteiger partial charge in [-0.1, -0.05) is 41.9 Å². The summed E-state index contributed by atoms with van der Waals surface area (Å²) < 4.78 is 0. The molecule has 0 aliphatic heterocycles. The van der Waals surface area contributed by atoms with Crippen LogP contribution in [0.4, 0.5) is 0 Å². The monoisotopic (exact) mass is 285 g/mol. The van der Waals surface area contributed by atoms with Crippen molar-refractivity contribution < 1.29 is 0 Å². The van der Waals surface area contributed by atoms with Crippen molar-refractivity contribution >= 4 is 11.6 Å². The Balaban J connectivity index is 1.79. The Labute approximate surface area is 125 Å². The standard InChI is InChI=1S/C18H20ClN/c19-18-8-6-15(7-9-18)17(12-20)11-13-4-5-14-2-1-3-16(14)10-13/h4-10,17H,1-3,11-12,20H2. The molecule has 2 aromatic carbocycles. The molecule has 3 rings (SSSR count). The number of hydrogen-bond donors (Lipinski definition) is 1. The van der Waals surface area contributed by atoms with Gasteiger partial charge in [0.1, 0.15) is 0 Å². The maximum atomic E-state index is 5.97. The molecule has 0 spiro atoms. The van der Waals surface area contributed by atoms with E-state index in [-0.39, 0.29) is 0 Å². The Morgan fingerprint density at radius 1 is 1.00 bits per heavy atom. The van der Waals surface area contributed by atoms with Crippen LogP contribution >= 0.6 is 11.6 Å². The van der Waals surface area contributed by atoms with E-state index in [2.05, 4.69) is 30.3 Å². The molecule has 20 heavy (non-hydrogen) atoms. The SMILES string of the molecule is NCC(Cc1ccc2c(c1)CCC2)c1ccc(Cl)cc1. The normalized spacial score (nSPS) is 15.1. The average molecular weight is 286 g/mol. The fraction of sp³-hybridized carbons (Fsp3) is 0.333. The van der Waals surface area contributed by atoms with Crippen molar-refractivity contribution in [3.8, 4) is 0 Å². The first-order valence-corrected chi connectivity index (χ1v) is 7.70. The first-order chi connectivity index (χ1) is 9.76. The molecule has 0 heterocycles. The van der Waals surface area contributed by atoms with E-state index in [1.807, 2.05) is 12.1 Å². The molecule has 1 nitrogen and oxygen atoms in total. The van der Waals surface area contributed by atoms with Crippen molar-refractivity contribution in [2.24, 2.45) is 5.73 Å². The van der Waals surface area contributed by atoms with Crippen LogP contribution < -0.4 is 5.73 Å². The lowest BCUT2D eigenvalue weighted by molar-refractivity contribution is 0.694. The molecule has 1 aliphatic carbocycles. The number of benzene rings is 2. The minimum atomic E-state index is 0.367. The van der Waals surface area contributed by atoms with E-state index in [0.717, 1.165) is 11.4 Å². The molecule has 2 heteroatoms. The second-order valence-electron chi connectivity index (χ2n) is 5.64. The molecule has 0 saturated carbocycles. The van der Waals surface area contributed by atoms with Crippen LogP contribution in [0, 0.1) is 0 Å². The number of rotatable bonds is 4. The largest absolute Gasteiger partial charge is 0.330 e. The molecule has 2 aromatic rings. The van der Waals surface area contributed by atoms with E-state index in [4.69, 9.17) is 17.3 Å². The predicted octanol–water partition coefficient (Wildman–Crippen LogP) is 4.11. The van der Waals surface area contributed by atoms with Crippen LogP contribution in [0.25, 0.3) is 0 Å². The molecular weight excluding hydrogens is 266 g/mol. The minimum Gasteiger partial charge on any atom is -0.330 e. The molecule has 0 amide bonds. The van der Waals surface area contributed by atoms with Crippen molar-refractivity contribution in [1.29, 1.82) is 0 Å². The highest BCUT2D eigenvalue weighted by Crippen LogP contribution is 2.26. The Hall–Kier alpha value is -1.31. The topological polar surface area (TPSA) is 26.0 Å². The van der Waals surface area contributed by atoms with Gasteiger partial charge in [0, 0.05) is 10.9 Å². The van der Waals surface area contributed by atoms with Gasteiger partial charge in [-0.05, 0) is 66.6 Å². The molecule has 0 saturated heterocycles. The summed E-state index contributed by atoms with van der Waals surface area (Å²) in [6.07, 6.45) is 4.78. The zero-order valence-corrected chi connectivity index (χ0v) is 12.4. The first kappa shape index (κ1) is 13.7. The van der Waals surface area contributed by atoms with E-state index in [0.29, 0.717) is 12.5 Å². The second-order valence-corrected chi connectivity index (χ2v) is 6.08. The van der Waals surface area contributed by atoms with Gasteiger partial charge in [0.15, 0.2) is 0 Å². The summed E-state index contributed by atoms with van der Waals surface area (Å²) in [6.45, 7) is 0.665. The minimum absolute atomic E-state index is 0.367. The van der Waals surface area contributed by atoms with E-state index >= 15 is 0 Å². The van der Waals surface area contributed by atoms with Gasteiger partial charge in [-0.15, -0.1) is 0 Å². The molecule has 1 aliphatic rings. The zero-order valence-electron chi connectivity index (χ0n) is 11.6. The first-order valence-electron chi connectivity index (χ1n) is 7.32. The van der Waals surface area contributed by atoms with Gasteiger partial charge in [-0.3, -0.25) is 0 Å². The van der Waals surface area contributed by atoms with Crippen LogP contribution in [0.15, 0.2) is 42.5 Å². The third kappa shape index (κ3) is 2.89. The molecule has 0 radical (unpaired) electrons. The van der Waals surface area contributed by atoms with Crippen LogP contribution in [-0.2, 0) is 19.3 Å². The molecule has 0 aromatic heterocycles. The smallest absolute Gasteiger partial charge is 0.0406 e. The van der Waals surface area contributed by atoms with Gasteiger partial charge in [-0.2, -0.15) is 0 Å². The average Bonchev–Trinajstić information content (AvgIpc) is 2.93. The Bertz CT molecular complexity index is 589. The van der Waals surface area contributed by atoms with E-state index in [1.165, 1.54) is 41.5 Å². The van der Waals surface area contributed by atoms with Gasteiger partial charge in [0.05, 0.1) is 0 Å². The highest BCUT2D eigenvalue weighted by molar-refractivity contribution is 6.30. The van der Waals surface area contributed by atoms with E-state index in [9.17, 15) is 0 Å². The van der Waals surface area contributed by atoms with Crippen LogP contribution in [0.3, 0.4) is 0 Å². The second kappa shape index (κ2) is 5.99. The van der Waals surface area contributed by atoms with Crippen molar-refractivity contribution in [3.05, 3.63) is 69.7 Å². The molecule has 2 N–H and O–H groups in total. The van der Waals surface area contributed by atoms with Crippen LogP contribution in [0.5, 0.6) is 0 Å². The van der Waals surface area contributed by atoms with Gasteiger partial charge in [-0.25, -0.2) is 0 Å². The Kier molecular flexibility index (Phi) is 4.09. The molecule has 104 valence electrons. The van der Waals surface area contributed by atoms with Crippen molar-refractivity contribution in [3.63, 3.8) is 0 Å². The van der Waals surface area contributed by atoms with E-state index < -0.39 is 0 Å². The summed E-state index contributed by atoms with van der Waals surface area (Å²) in [4.78, 5) is 0. The fourth-order valence-corrected chi connectivity index (χ4v) is 3.23. The summed E-state index contributed by atoms with van der Waals surface area (Å²) in [5.74, 6) is 0.367. The lowest BCUT2D eigenvalue weighted by Crippen LogP contribution is -2.15. The summed E-state index contributed by atoms with van der Waals surface area (Å²) in [5, 5.41) is 0.780. The van der Waals surface area contributed by atoms with Gasteiger partial charge < -0.3 is 5.73 Å². The van der Waals surface area contributed by atoms with Crippen LogP contribution in [0.1, 0.15) is 34.6 Å². The molecule has 1 atom stereocenters. The Morgan fingerprint density at radius 2 is 1.75 bits per heavy atom. The zero-order chi connectivity index (χ0) is 13.9. The maximum absolute atomic E-state index is 5.97. The van der Waals surface area contributed by atoms with Crippen molar-refractivity contribution in [2.75, 3.05) is 6.54 Å². The molecular formula is C18H20ClN. The summed E-state index contributed by atoms with van der Waals surface area (Å²) in [6, 6.07) is 15.0. The number of halogens is 1. The van der Waals surface area contributed by atoms with Crippen LogP contribution in [-0.4, -0.2) is 6.54 Å². The number of nitrogens with two attached hydrogens (primary N) is 1. The number of aryl methyl sites for hydroxylation is 2. The summed E-state index contributed by atoms with van der Waals surface area (Å²) in [5.41, 5.74) is 11.7. The highest BCUT2D eigenvalue weighted by Gasteiger charge is 2.14. The third-order valence-corrected chi connectivity index (χ3v) is 4.52. The molecule has 0 bridgehead atoms. The molecule has 0 fully saturated rings. The van der Waals surface area contributed by atoms with Gasteiger partial charge in [0.2, 0.25) is 0 Å². The third-order valence-electron chi connectivity index (χ3n) is 4.27. The van der Waals surface area contributed by atoms with Crippen molar-refractivity contribution in [2.45, 2.75) is 31.6 Å². The fourth-order valence-electron chi connectivity index (χ4n) is 3.11. The lowest BCUT2D eigenvalue weighted by Gasteiger charge is -2.16. The van der Waals surface area contributed by atoms with Crippen molar-refractivity contribution in [1.82, 2.24) is 0 Å². The predicted molar refractivity (Wildman–Crippen MR) is 85.4 cm³/mol.